The van der Waals surface area contributed by atoms with Gasteiger partial charge in [-0.1, -0.05) is 40.2 Å². The Kier molecular flexibility index (Phi) is 7.02. The van der Waals surface area contributed by atoms with Gasteiger partial charge in [0.2, 0.25) is 5.91 Å². The van der Waals surface area contributed by atoms with E-state index < -0.39 is 22.5 Å². The second kappa shape index (κ2) is 9.53. The topological polar surface area (TPSA) is 75.7 Å². The van der Waals surface area contributed by atoms with Gasteiger partial charge in [0.25, 0.3) is 10.0 Å². The van der Waals surface area contributed by atoms with E-state index in [1.54, 1.807) is 48.5 Å². The third kappa shape index (κ3) is 5.26. The number of nitrogens with one attached hydrogen (secondary N) is 1. The Labute approximate surface area is 191 Å². The van der Waals surface area contributed by atoms with Crippen LogP contribution >= 0.6 is 15.9 Å². The van der Waals surface area contributed by atoms with Crippen molar-refractivity contribution in [1.82, 2.24) is 0 Å². The van der Waals surface area contributed by atoms with Crippen molar-refractivity contribution in [3.8, 4) is 5.75 Å². The van der Waals surface area contributed by atoms with Crippen LogP contribution in [0.2, 0.25) is 0 Å². The zero-order valence-corrected chi connectivity index (χ0v) is 19.8. The van der Waals surface area contributed by atoms with Crippen LogP contribution in [0.5, 0.6) is 5.75 Å². The number of para-hydroxylation sites is 1. The molecule has 0 bridgehead atoms. The van der Waals surface area contributed by atoms with Crippen molar-refractivity contribution < 1.29 is 17.9 Å². The number of hydrogen-bond donors (Lipinski definition) is 1. The fourth-order valence-electron chi connectivity index (χ4n) is 3.03. The van der Waals surface area contributed by atoms with Crippen LogP contribution in [0.15, 0.2) is 76.1 Å². The van der Waals surface area contributed by atoms with Crippen LogP contribution in [0.1, 0.15) is 11.1 Å². The number of carbonyl (C=O) groups excluding carboxylic acids is 1. The van der Waals surface area contributed by atoms with Gasteiger partial charge in [-0.3, -0.25) is 9.10 Å². The molecule has 3 aromatic rings. The van der Waals surface area contributed by atoms with Crippen molar-refractivity contribution in [1.29, 1.82) is 0 Å². The molecule has 0 aromatic heterocycles. The highest BCUT2D eigenvalue weighted by Gasteiger charge is 2.30. The molecule has 0 aliphatic rings. The van der Waals surface area contributed by atoms with Gasteiger partial charge in [0, 0.05) is 10.2 Å². The minimum Gasteiger partial charge on any atom is -0.495 e. The standard InChI is InChI=1S/C23H23BrN2O4S/c1-16-9-11-19(13-17(16)2)25-23(27)15-26(20-7-5-4-6-8-20)31(28,29)22-14-18(24)10-12-21(22)30-3/h4-14H,15H2,1-3H3,(H,25,27). The highest BCUT2D eigenvalue weighted by Crippen LogP contribution is 2.32. The van der Waals surface area contributed by atoms with Gasteiger partial charge < -0.3 is 10.1 Å². The second-order valence-electron chi connectivity index (χ2n) is 6.99. The van der Waals surface area contributed by atoms with Gasteiger partial charge in [0.15, 0.2) is 0 Å². The summed E-state index contributed by atoms with van der Waals surface area (Å²) in [6.45, 7) is 3.54. The summed E-state index contributed by atoms with van der Waals surface area (Å²) in [6.07, 6.45) is 0. The highest BCUT2D eigenvalue weighted by atomic mass is 79.9. The third-order valence-corrected chi connectivity index (χ3v) is 7.10. The van der Waals surface area contributed by atoms with Crippen molar-refractivity contribution in [2.24, 2.45) is 0 Å². The van der Waals surface area contributed by atoms with Gasteiger partial charge in [0.1, 0.15) is 17.2 Å². The van der Waals surface area contributed by atoms with Gasteiger partial charge in [0.05, 0.1) is 12.8 Å². The lowest BCUT2D eigenvalue weighted by molar-refractivity contribution is -0.114. The zero-order valence-electron chi connectivity index (χ0n) is 17.4. The SMILES string of the molecule is COc1ccc(Br)cc1S(=O)(=O)N(CC(=O)Nc1ccc(C)c(C)c1)c1ccccc1. The maximum absolute atomic E-state index is 13.6. The first-order valence-electron chi connectivity index (χ1n) is 9.51. The van der Waals surface area contributed by atoms with E-state index in [2.05, 4.69) is 21.2 Å². The van der Waals surface area contributed by atoms with Crippen LogP contribution < -0.4 is 14.4 Å². The number of hydrogen-bond acceptors (Lipinski definition) is 4. The number of nitrogens with zero attached hydrogens (tertiary/aromatic N) is 1. The number of benzene rings is 3. The molecule has 31 heavy (non-hydrogen) atoms. The Balaban J connectivity index is 1.98. The monoisotopic (exact) mass is 502 g/mol. The maximum atomic E-state index is 13.6. The molecule has 0 fully saturated rings. The lowest BCUT2D eigenvalue weighted by atomic mass is 10.1. The number of halogens is 1. The molecule has 0 unspecified atom stereocenters. The predicted octanol–water partition coefficient (Wildman–Crippen LogP) is 4.91. The molecule has 0 atom stereocenters. The normalized spacial score (nSPS) is 11.1. The van der Waals surface area contributed by atoms with Crippen LogP contribution in [0.3, 0.4) is 0 Å². The summed E-state index contributed by atoms with van der Waals surface area (Å²) in [5.74, 6) is -0.261. The number of methoxy groups -OCH3 is 1. The van der Waals surface area contributed by atoms with Crippen LogP contribution in [-0.4, -0.2) is 28.0 Å². The molecule has 1 N–H and O–H groups in total. The van der Waals surface area contributed by atoms with Gasteiger partial charge in [-0.15, -0.1) is 0 Å². The van der Waals surface area contributed by atoms with E-state index in [-0.39, 0.29) is 10.6 Å². The average Bonchev–Trinajstić information content (AvgIpc) is 2.75. The van der Waals surface area contributed by atoms with Crippen LogP contribution in [-0.2, 0) is 14.8 Å². The molecule has 0 aliphatic heterocycles. The summed E-state index contributed by atoms with van der Waals surface area (Å²) in [7, 11) is -2.70. The first-order chi connectivity index (χ1) is 14.7. The van der Waals surface area contributed by atoms with Crippen LogP contribution in [0, 0.1) is 13.8 Å². The summed E-state index contributed by atoms with van der Waals surface area (Å²) in [5.41, 5.74) is 3.12. The largest absolute Gasteiger partial charge is 0.495 e. The highest BCUT2D eigenvalue weighted by molar-refractivity contribution is 9.10. The smallest absolute Gasteiger partial charge is 0.268 e. The number of anilines is 2. The number of rotatable bonds is 7. The van der Waals surface area contributed by atoms with Crippen LogP contribution in [0.4, 0.5) is 11.4 Å². The lowest BCUT2D eigenvalue weighted by Crippen LogP contribution is -2.38. The number of sulfonamides is 1. The molecular formula is C23H23BrN2O4S. The van der Waals surface area contributed by atoms with E-state index in [0.717, 1.165) is 15.4 Å². The summed E-state index contributed by atoms with van der Waals surface area (Å²) < 4.78 is 34.1. The Morgan fingerprint density at radius 1 is 1.00 bits per heavy atom. The van der Waals surface area contributed by atoms with Crippen molar-refractivity contribution in [3.05, 3.63) is 82.3 Å². The van der Waals surface area contributed by atoms with Gasteiger partial charge >= 0.3 is 0 Å². The van der Waals surface area contributed by atoms with Crippen molar-refractivity contribution in [2.45, 2.75) is 18.7 Å². The summed E-state index contributed by atoms with van der Waals surface area (Å²) in [5, 5.41) is 2.79. The molecule has 3 aromatic carbocycles. The Bertz CT molecular complexity index is 1200. The van der Waals surface area contributed by atoms with E-state index in [9.17, 15) is 13.2 Å². The third-order valence-electron chi connectivity index (χ3n) is 4.82. The zero-order chi connectivity index (χ0) is 22.6. The van der Waals surface area contributed by atoms with Crippen molar-refractivity contribution >= 4 is 43.2 Å². The molecule has 0 saturated carbocycles. The molecule has 8 heteroatoms. The van der Waals surface area contributed by atoms with Gasteiger partial charge in [-0.05, 0) is 67.4 Å². The van der Waals surface area contributed by atoms with Gasteiger partial charge in [-0.2, -0.15) is 0 Å². The van der Waals surface area contributed by atoms with Crippen molar-refractivity contribution in [3.63, 3.8) is 0 Å². The average molecular weight is 503 g/mol. The first-order valence-corrected chi connectivity index (χ1v) is 11.7. The molecule has 0 aliphatic carbocycles. The molecule has 162 valence electrons. The quantitative estimate of drug-likeness (QED) is 0.497. The molecular weight excluding hydrogens is 480 g/mol. The molecule has 1 amide bonds. The predicted molar refractivity (Wildman–Crippen MR) is 126 cm³/mol. The molecule has 0 radical (unpaired) electrons. The minimum atomic E-state index is -4.10. The Morgan fingerprint density at radius 3 is 2.35 bits per heavy atom. The maximum Gasteiger partial charge on any atom is 0.268 e. The van der Waals surface area contributed by atoms with Crippen molar-refractivity contribution in [2.75, 3.05) is 23.3 Å². The van der Waals surface area contributed by atoms with E-state index in [4.69, 9.17) is 4.74 Å². The Hall–Kier alpha value is -2.84. The van der Waals surface area contributed by atoms with E-state index >= 15 is 0 Å². The summed E-state index contributed by atoms with van der Waals surface area (Å²) in [4.78, 5) is 12.8. The molecule has 0 heterocycles. The minimum absolute atomic E-state index is 0.0350. The first kappa shape index (κ1) is 22.8. The molecule has 0 saturated heterocycles. The molecule has 6 nitrogen and oxygen atoms in total. The number of ether oxygens (including phenoxy) is 1. The molecule has 0 spiro atoms. The number of aryl methyl sites for hydroxylation is 2. The summed E-state index contributed by atoms with van der Waals surface area (Å²) >= 11 is 3.31. The summed E-state index contributed by atoms with van der Waals surface area (Å²) in [6, 6.07) is 18.8. The van der Waals surface area contributed by atoms with Gasteiger partial charge in [-0.25, -0.2) is 8.42 Å². The fraction of sp³-hybridized carbons (Fsp3) is 0.174. The van der Waals surface area contributed by atoms with E-state index in [1.807, 2.05) is 26.0 Å². The fourth-order valence-corrected chi connectivity index (χ4v) is 5.15. The van der Waals surface area contributed by atoms with E-state index in [0.29, 0.717) is 15.8 Å². The van der Waals surface area contributed by atoms with Crippen LogP contribution in [0.25, 0.3) is 0 Å². The second-order valence-corrected chi connectivity index (χ2v) is 9.74. The Morgan fingerprint density at radius 2 is 1.71 bits per heavy atom. The lowest BCUT2D eigenvalue weighted by Gasteiger charge is -2.25. The number of carbonyl (C=O) groups is 1. The van der Waals surface area contributed by atoms with E-state index in [1.165, 1.54) is 13.2 Å². The number of amides is 1. The molecule has 3 rings (SSSR count).